The standard InChI is InChI=1S/C16H24N2O/c1-12(17-11-16(19)18(2)3)14-9-8-13-6-4-5-7-15(13)10-14/h8-10,12,17H,4-7,11H2,1-3H3. The van der Waals surface area contributed by atoms with Crippen molar-refractivity contribution in [3.8, 4) is 0 Å². The largest absolute Gasteiger partial charge is 0.348 e. The Morgan fingerprint density at radius 1 is 1.26 bits per heavy atom. The summed E-state index contributed by atoms with van der Waals surface area (Å²) in [5, 5.41) is 3.30. The SMILES string of the molecule is CC(NCC(=O)N(C)C)c1ccc2c(c1)CCCC2. The van der Waals surface area contributed by atoms with E-state index in [1.165, 1.54) is 42.4 Å². The van der Waals surface area contributed by atoms with Crippen molar-refractivity contribution in [2.24, 2.45) is 0 Å². The number of benzene rings is 1. The fourth-order valence-corrected chi connectivity index (χ4v) is 2.54. The average Bonchev–Trinajstić information content (AvgIpc) is 2.43. The van der Waals surface area contributed by atoms with Crippen LogP contribution in [0.1, 0.15) is 42.5 Å². The molecule has 1 aliphatic carbocycles. The van der Waals surface area contributed by atoms with Crippen molar-refractivity contribution >= 4 is 5.91 Å². The Bertz CT molecular complexity index is 454. The molecule has 0 heterocycles. The van der Waals surface area contributed by atoms with Gasteiger partial charge in [-0.15, -0.1) is 0 Å². The van der Waals surface area contributed by atoms with Gasteiger partial charge in [0.2, 0.25) is 5.91 Å². The van der Waals surface area contributed by atoms with Gasteiger partial charge in [0.15, 0.2) is 0 Å². The van der Waals surface area contributed by atoms with Crippen LogP contribution >= 0.6 is 0 Å². The van der Waals surface area contributed by atoms with Crippen LogP contribution in [0.25, 0.3) is 0 Å². The fourth-order valence-electron chi connectivity index (χ4n) is 2.54. The maximum atomic E-state index is 11.6. The third-order valence-electron chi connectivity index (χ3n) is 3.93. The van der Waals surface area contributed by atoms with E-state index in [4.69, 9.17) is 0 Å². The predicted octanol–water partition coefficient (Wildman–Crippen LogP) is 2.30. The van der Waals surface area contributed by atoms with Gasteiger partial charge in [-0.1, -0.05) is 18.2 Å². The van der Waals surface area contributed by atoms with Gasteiger partial charge in [-0.25, -0.2) is 0 Å². The van der Waals surface area contributed by atoms with Crippen LogP contribution in [0.2, 0.25) is 0 Å². The Labute approximate surface area is 116 Å². The Balaban J connectivity index is 1.99. The number of carbonyl (C=O) groups is 1. The summed E-state index contributed by atoms with van der Waals surface area (Å²) in [6, 6.07) is 6.99. The Morgan fingerprint density at radius 2 is 1.95 bits per heavy atom. The molecule has 0 aromatic heterocycles. The van der Waals surface area contributed by atoms with Crippen molar-refractivity contribution in [3.05, 3.63) is 34.9 Å². The van der Waals surface area contributed by atoms with Gasteiger partial charge in [-0.3, -0.25) is 4.79 Å². The molecule has 1 aromatic carbocycles. The van der Waals surface area contributed by atoms with Crippen LogP contribution in [-0.2, 0) is 17.6 Å². The quantitative estimate of drug-likeness (QED) is 0.901. The summed E-state index contributed by atoms with van der Waals surface area (Å²) >= 11 is 0. The number of nitrogens with one attached hydrogen (secondary N) is 1. The van der Waals surface area contributed by atoms with E-state index < -0.39 is 0 Å². The molecular formula is C16H24N2O. The first-order valence-electron chi connectivity index (χ1n) is 7.13. The van der Waals surface area contributed by atoms with Crippen LogP contribution in [0, 0.1) is 0 Å². The lowest BCUT2D eigenvalue weighted by Crippen LogP contribution is -2.34. The Morgan fingerprint density at radius 3 is 2.63 bits per heavy atom. The zero-order valence-corrected chi connectivity index (χ0v) is 12.2. The van der Waals surface area contributed by atoms with E-state index in [2.05, 4.69) is 30.4 Å². The van der Waals surface area contributed by atoms with Gasteiger partial charge in [-0.2, -0.15) is 0 Å². The highest BCUT2D eigenvalue weighted by molar-refractivity contribution is 5.77. The first-order chi connectivity index (χ1) is 9.08. The molecule has 0 spiro atoms. The molecule has 0 saturated heterocycles. The van der Waals surface area contributed by atoms with E-state index >= 15 is 0 Å². The molecule has 3 nitrogen and oxygen atoms in total. The third kappa shape index (κ3) is 3.57. The van der Waals surface area contributed by atoms with Gasteiger partial charge in [0.1, 0.15) is 0 Å². The van der Waals surface area contributed by atoms with Crippen LogP contribution in [0.15, 0.2) is 18.2 Å². The second kappa shape index (κ2) is 6.20. The van der Waals surface area contributed by atoms with Crippen LogP contribution in [0.4, 0.5) is 0 Å². The van der Waals surface area contributed by atoms with E-state index in [0.29, 0.717) is 6.54 Å². The second-order valence-corrected chi connectivity index (χ2v) is 5.63. The van der Waals surface area contributed by atoms with E-state index in [1.54, 1.807) is 19.0 Å². The molecule has 1 unspecified atom stereocenters. The molecule has 3 heteroatoms. The van der Waals surface area contributed by atoms with Gasteiger partial charge in [0, 0.05) is 20.1 Å². The summed E-state index contributed by atoms with van der Waals surface area (Å²) in [7, 11) is 3.57. The first kappa shape index (κ1) is 14.1. The number of nitrogens with zero attached hydrogens (tertiary/aromatic N) is 1. The third-order valence-corrected chi connectivity index (χ3v) is 3.93. The van der Waals surface area contributed by atoms with E-state index in [0.717, 1.165) is 0 Å². The van der Waals surface area contributed by atoms with Crippen molar-refractivity contribution in [3.63, 3.8) is 0 Å². The lowest BCUT2D eigenvalue weighted by Gasteiger charge is -2.20. The zero-order valence-electron chi connectivity index (χ0n) is 12.2. The van der Waals surface area contributed by atoms with Crippen LogP contribution in [0.5, 0.6) is 0 Å². The molecule has 0 aliphatic heterocycles. The minimum atomic E-state index is 0.116. The fraction of sp³-hybridized carbons (Fsp3) is 0.562. The number of carbonyl (C=O) groups excluding carboxylic acids is 1. The number of hydrogen-bond donors (Lipinski definition) is 1. The van der Waals surface area contributed by atoms with Gasteiger partial charge >= 0.3 is 0 Å². The topological polar surface area (TPSA) is 32.3 Å². The number of aryl methyl sites for hydroxylation is 2. The van der Waals surface area contributed by atoms with E-state index in [1.807, 2.05) is 0 Å². The van der Waals surface area contributed by atoms with E-state index in [9.17, 15) is 4.79 Å². The van der Waals surface area contributed by atoms with Crippen molar-refractivity contribution in [2.75, 3.05) is 20.6 Å². The number of rotatable bonds is 4. The zero-order chi connectivity index (χ0) is 13.8. The molecule has 0 fully saturated rings. The summed E-state index contributed by atoms with van der Waals surface area (Å²) in [5.41, 5.74) is 4.29. The summed E-state index contributed by atoms with van der Waals surface area (Å²) < 4.78 is 0. The molecule has 1 aliphatic rings. The molecule has 1 aromatic rings. The highest BCUT2D eigenvalue weighted by atomic mass is 16.2. The first-order valence-corrected chi connectivity index (χ1v) is 7.13. The van der Waals surface area contributed by atoms with Crippen LogP contribution < -0.4 is 5.32 Å². The molecule has 0 bridgehead atoms. The van der Waals surface area contributed by atoms with Gasteiger partial charge in [-0.05, 0) is 49.3 Å². The molecule has 1 amide bonds. The smallest absolute Gasteiger partial charge is 0.236 e. The second-order valence-electron chi connectivity index (χ2n) is 5.63. The minimum Gasteiger partial charge on any atom is -0.348 e. The summed E-state index contributed by atoms with van der Waals surface area (Å²) in [6.45, 7) is 2.51. The number of likely N-dealkylation sites (N-methyl/N-ethyl adjacent to an activating group) is 1. The molecule has 104 valence electrons. The van der Waals surface area contributed by atoms with Gasteiger partial charge < -0.3 is 10.2 Å². The Kier molecular flexibility index (Phi) is 4.59. The van der Waals surface area contributed by atoms with Crippen LogP contribution in [-0.4, -0.2) is 31.4 Å². The molecule has 0 radical (unpaired) electrons. The van der Waals surface area contributed by atoms with Crippen molar-refractivity contribution < 1.29 is 4.79 Å². The lowest BCUT2D eigenvalue weighted by atomic mass is 9.89. The van der Waals surface area contributed by atoms with Crippen molar-refractivity contribution in [2.45, 2.75) is 38.6 Å². The number of hydrogen-bond acceptors (Lipinski definition) is 2. The monoisotopic (exact) mass is 260 g/mol. The van der Waals surface area contributed by atoms with Crippen LogP contribution in [0.3, 0.4) is 0 Å². The molecule has 1 atom stereocenters. The normalized spacial score (nSPS) is 15.7. The molecule has 2 rings (SSSR count). The summed E-state index contributed by atoms with van der Waals surface area (Å²) in [4.78, 5) is 13.2. The van der Waals surface area contributed by atoms with Gasteiger partial charge in [0.05, 0.1) is 6.54 Å². The van der Waals surface area contributed by atoms with E-state index in [-0.39, 0.29) is 11.9 Å². The summed E-state index contributed by atoms with van der Waals surface area (Å²) in [5.74, 6) is 0.116. The number of fused-ring (bicyclic) bond motifs is 1. The van der Waals surface area contributed by atoms with Crippen molar-refractivity contribution in [1.29, 1.82) is 0 Å². The molecular weight excluding hydrogens is 236 g/mol. The molecule has 19 heavy (non-hydrogen) atoms. The van der Waals surface area contributed by atoms with Crippen molar-refractivity contribution in [1.82, 2.24) is 10.2 Å². The predicted molar refractivity (Wildman–Crippen MR) is 78.2 cm³/mol. The maximum absolute atomic E-state index is 11.6. The van der Waals surface area contributed by atoms with Gasteiger partial charge in [0.25, 0.3) is 0 Å². The Hall–Kier alpha value is -1.35. The summed E-state index contributed by atoms with van der Waals surface area (Å²) in [6.07, 6.45) is 5.04. The lowest BCUT2D eigenvalue weighted by molar-refractivity contribution is -0.127. The maximum Gasteiger partial charge on any atom is 0.236 e. The molecule has 0 saturated carbocycles. The number of amides is 1. The highest BCUT2D eigenvalue weighted by Gasteiger charge is 2.13. The highest BCUT2D eigenvalue weighted by Crippen LogP contribution is 2.24. The average molecular weight is 260 g/mol. The minimum absolute atomic E-state index is 0.116. The molecule has 1 N–H and O–H groups in total.